The number of hydrogen-bond donors (Lipinski definition) is 0. The fourth-order valence-corrected chi connectivity index (χ4v) is 2.98. The lowest BCUT2D eigenvalue weighted by Crippen LogP contribution is -2.36. The standard InChI is InChI=1S/C19H24N4O/c1-3-4-12-22(2)18-10-9-17(20-21-18)19(24)23-13-11-15-7-5-6-8-16(15)14-23/h5-10H,3-4,11-14H2,1-2H3. The van der Waals surface area contributed by atoms with Gasteiger partial charge in [-0.2, -0.15) is 0 Å². The number of unbranched alkanes of at least 4 members (excludes halogenated alkanes) is 1. The van der Waals surface area contributed by atoms with Gasteiger partial charge in [0.2, 0.25) is 0 Å². The normalized spacial score (nSPS) is 13.5. The molecule has 0 bridgehead atoms. The smallest absolute Gasteiger partial charge is 0.274 e. The molecule has 1 aliphatic heterocycles. The summed E-state index contributed by atoms with van der Waals surface area (Å²) < 4.78 is 0. The van der Waals surface area contributed by atoms with Gasteiger partial charge in [0.25, 0.3) is 5.91 Å². The van der Waals surface area contributed by atoms with Crippen LogP contribution < -0.4 is 4.90 Å². The molecule has 0 radical (unpaired) electrons. The average Bonchev–Trinajstić information content (AvgIpc) is 2.65. The summed E-state index contributed by atoms with van der Waals surface area (Å²) in [5, 5.41) is 8.38. The zero-order chi connectivity index (χ0) is 16.9. The summed E-state index contributed by atoms with van der Waals surface area (Å²) in [5.74, 6) is 0.767. The summed E-state index contributed by atoms with van der Waals surface area (Å²) >= 11 is 0. The third-order valence-corrected chi connectivity index (χ3v) is 4.53. The second kappa shape index (κ2) is 7.43. The van der Waals surface area contributed by atoms with E-state index >= 15 is 0 Å². The Hall–Kier alpha value is -2.43. The SMILES string of the molecule is CCCCN(C)c1ccc(C(=O)N2CCc3ccccc3C2)nn1. The third kappa shape index (κ3) is 3.55. The van der Waals surface area contributed by atoms with E-state index < -0.39 is 0 Å². The van der Waals surface area contributed by atoms with Crippen molar-refractivity contribution >= 4 is 11.7 Å². The highest BCUT2D eigenvalue weighted by molar-refractivity contribution is 5.92. The van der Waals surface area contributed by atoms with E-state index in [1.165, 1.54) is 11.1 Å². The highest BCUT2D eigenvalue weighted by Gasteiger charge is 2.22. The van der Waals surface area contributed by atoms with Crippen molar-refractivity contribution in [2.24, 2.45) is 0 Å². The molecule has 0 saturated carbocycles. The van der Waals surface area contributed by atoms with Crippen molar-refractivity contribution in [3.8, 4) is 0 Å². The second-order valence-corrected chi connectivity index (χ2v) is 6.30. The van der Waals surface area contributed by atoms with Crippen molar-refractivity contribution in [2.45, 2.75) is 32.7 Å². The first-order chi connectivity index (χ1) is 11.7. The van der Waals surface area contributed by atoms with Crippen molar-refractivity contribution in [2.75, 3.05) is 25.0 Å². The minimum Gasteiger partial charge on any atom is -0.358 e. The van der Waals surface area contributed by atoms with E-state index in [-0.39, 0.29) is 5.91 Å². The molecule has 1 aromatic carbocycles. The summed E-state index contributed by atoms with van der Waals surface area (Å²) in [4.78, 5) is 16.6. The van der Waals surface area contributed by atoms with Gasteiger partial charge in [-0.25, -0.2) is 0 Å². The molecule has 0 aliphatic carbocycles. The Balaban J connectivity index is 1.67. The molecule has 126 valence electrons. The van der Waals surface area contributed by atoms with Gasteiger partial charge in [-0.15, -0.1) is 10.2 Å². The molecule has 0 fully saturated rings. The molecule has 0 spiro atoms. The summed E-state index contributed by atoms with van der Waals surface area (Å²) in [6.07, 6.45) is 3.16. The Kier molecular flexibility index (Phi) is 5.08. The van der Waals surface area contributed by atoms with Gasteiger partial charge in [-0.3, -0.25) is 4.79 Å². The number of carbonyl (C=O) groups is 1. The average molecular weight is 324 g/mol. The monoisotopic (exact) mass is 324 g/mol. The second-order valence-electron chi connectivity index (χ2n) is 6.30. The molecule has 5 heteroatoms. The third-order valence-electron chi connectivity index (χ3n) is 4.53. The topological polar surface area (TPSA) is 49.3 Å². The highest BCUT2D eigenvalue weighted by atomic mass is 16.2. The first-order valence-corrected chi connectivity index (χ1v) is 8.60. The van der Waals surface area contributed by atoms with Crippen molar-refractivity contribution in [1.29, 1.82) is 0 Å². The van der Waals surface area contributed by atoms with E-state index in [0.717, 1.165) is 38.2 Å². The van der Waals surface area contributed by atoms with Crippen molar-refractivity contribution in [3.63, 3.8) is 0 Å². The molecular weight excluding hydrogens is 300 g/mol. The number of rotatable bonds is 5. The number of nitrogens with zero attached hydrogens (tertiary/aromatic N) is 4. The quantitative estimate of drug-likeness (QED) is 0.848. The van der Waals surface area contributed by atoms with E-state index in [1.54, 1.807) is 6.07 Å². The number of benzene rings is 1. The lowest BCUT2D eigenvalue weighted by molar-refractivity contribution is 0.0727. The van der Waals surface area contributed by atoms with Crippen LogP contribution in [-0.4, -0.2) is 41.1 Å². The predicted octanol–water partition coefficient (Wildman–Crippen LogP) is 2.91. The predicted molar refractivity (Wildman–Crippen MR) is 95.1 cm³/mol. The fraction of sp³-hybridized carbons (Fsp3) is 0.421. The number of amides is 1. The Morgan fingerprint density at radius 3 is 2.67 bits per heavy atom. The Labute approximate surface area is 143 Å². The van der Waals surface area contributed by atoms with Crippen LogP contribution in [0, 0.1) is 0 Å². The van der Waals surface area contributed by atoms with Crippen LogP contribution in [-0.2, 0) is 13.0 Å². The van der Waals surface area contributed by atoms with E-state index in [4.69, 9.17) is 0 Å². The maximum atomic E-state index is 12.7. The molecule has 24 heavy (non-hydrogen) atoms. The minimum absolute atomic E-state index is 0.0419. The van der Waals surface area contributed by atoms with Crippen LogP contribution in [0.25, 0.3) is 0 Å². The van der Waals surface area contributed by atoms with Gasteiger partial charge in [-0.1, -0.05) is 37.6 Å². The number of anilines is 1. The summed E-state index contributed by atoms with van der Waals surface area (Å²) in [5.41, 5.74) is 2.98. The van der Waals surface area contributed by atoms with Gasteiger partial charge in [0.05, 0.1) is 0 Å². The maximum Gasteiger partial charge on any atom is 0.274 e. The minimum atomic E-state index is -0.0419. The van der Waals surface area contributed by atoms with Crippen LogP contribution >= 0.6 is 0 Å². The van der Waals surface area contributed by atoms with Gasteiger partial charge in [0.15, 0.2) is 11.5 Å². The zero-order valence-corrected chi connectivity index (χ0v) is 14.4. The molecule has 5 nitrogen and oxygen atoms in total. The first-order valence-electron chi connectivity index (χ1n) is 8.60. The van der Waals surface area contributed by atoms with Crippen molar-refractivity contribution < 1.29 is 4.79 Å². The van der Waals surface area contributed by atoms with Gasteiger partial charge < -0.3 is 9.80 Å². The van der Waals surface area contributed by atoms with Crippen LogP contribution in [0.5, 0.6) is 0 Å². The summed E-state index contributed by atoms with van der Waals surface area (Å²) in [6.45, 7) is 4.49. The Morgan fingerprint density at radius 2 is 1.96 bits per heavy atom. The molecule has 0 N–H and O–H groups in total. The zero-order valence-electron chi connectivity index (χ0n) is 14.4. The van der Waals surface area contributed by atoms with Gasteiger partial charge in [-0.05, 0) is 36.1 Å². The van der Waals surface area contributed by atoms with E-state index in [2.05, 4.69) is 40.2 Å². The van der Waals surface area contributed by atoms with Crippen molar-refractivity contribution in [1.82, 2.24) is 15.1 Å². The molecule has 1 aromatic heterocycles. The molecule has 0 atom stereocenters. The number of aromatic nitrogens is 2. The number of carbonyl (C=O) groups excluding carboxylic acids is 1. The van der Waals surface area contributed by atoms with Crippen LogP contribution in [0.1, 0.15) is 41.4 Å². The van der Waals surface area contributed by atoms with Crippen LogP contribution in [0.4, 0.5) is 5.82 Å². The fourth-order valence-electron chi connectivity index (χ4n) is 2.98. The van der Waals surface area contributed by atoms with Crippen LogP contribution in [0.3, 0.4) is 0 Å². The molecule has 1 amide bonds. The van der Waals surface area contributed by atoms with E-state index in [9.17, 15) is 4.79 Å². The van der Waals surface area contributed by atoms with E-state index in [1.807, 2.05) is 24.1 Å². The Morgan fingerprint density at radius 1 is 1.17 bits per heavy atom. The Bertz CT molecular complexity index is 699. The molecule has 2 aromatic rings. The number of fused-ring (bicyclic) bond motifs is 1. The van der Waals surface area contributed by atoms with Gasteiger partial charge in [0.1, 0.15) is 0 Å². The lowest BCUT2D eigenvalue weighted by Gasteiger charge is -2.28. The first kappa shape index (κ1) is 16.4. The summed E-state index contributed by atoms with van der Waals surface area (Å²) in [7, 11) is 2.00. The highest BCUT2D eigenvalue weighted by Crippen LogP contribution is 2.20. The molecule has 3 rings (SSSR count). The molecule has 2 heterocycles. The molecule has 0 unspecified atom stereocenters. The summed E-state index contributed by atoms with van der Waals surface area (Å²) in [6, 6.07) is 12.0. The van der Waals surface area contributed by atoms with Crippen molar-refractivity contribution in [3.05, 3.63) is 53.2 Å². The molecular formula is C19H24N4O. The largest absolute Gasteiger partial charge is 0.358 e. The van der Waals surface area contributed by atoms with Crippen LogP contribution in [0.15, 0.2) is 36.4 Å². The lowest BCUT2D eigenvalue weighted by atomic mass is 10.00. The van der Waals surface area contributed by atoms with Gasteiger partial charge >= 0.3 is 0 Å². The van der Waals surface area contributed by atoms with E-state index in [0.29, 0.717) is 12.2 Å². The number of hydrogen-bond acceptors (Lipinski definition) is 4. The van der Waals surface area contributed by atoms with Crippen LogP contribution in [0.2, 0.25) is 0 Å². The molecule has 0 saturated heterocycles. The van der Waals surface area contributed by atoms with Gasteiger partial charge in [0, 0.05) is 26.7 Å². The maximum absolute atomic E-state index is 12.7. The molecule has 1 aliphatic rings.